The van der Waals surface area contributed by atoms with Gasteiger partial charge in [-0.2, -0.15) is 0 Å². The minimum Gasteiger partial charge on any atom is -0.357 e. The van der Waals surface area contributed by atoms with Crippen LogP contribution in [0, 0.1) is 19.8 Å². The molecule has 0 spiro atoms. The van der Waals surface area contributed by atoms with Crippen molar-refractivity contribution < 1.29 is 0 Å². The predicted octanol–water partition coefficient (Wildman–Crippen LogP) is 3.55. The Morgan fingerprint density at radius 3 is 2.56 bits per heavy atom. The van der Waals surface area contributed by atoms with E-state index in [4.69, 9.17) is 4.99 Å². The largest absolute Gasteiger partial charge is 0.357 e. The van der Waals surface area contributed by atoms with Gasteiger partial charge in [0.1, 0.15) is 5.01 Å². The van der Waals surface area contributed by atoms with Crippen molar-refractivity contribution >= 4 is 41.3 Å². The molecule has 1 aliphatic heterocycles. The lowest BCUT2D eigenvalue weighted by Gasteiger charge is -2.35. The Labute approximate surface area is 174 Å². The SMILES string of the molecule is CCNC(=NCc1nc(C)c(C)s1)NCC(C)N1CCC(C)CC1.I. The molecule has 5 nitrogen and oxygen atoms in total. The molecule has 144 valence electrons. The van der Waals surface area contributed by atoms with Gasteiger partial charge in [0.25, 0.3) is 0 Å². The van der Waals surface area contributed by atoms with E-state index in [0.29, 0.717) is 12.6 Å². The fourth-order valence-corrected chi connectivity index (χ4v) is 3.80. The monoisotopic (exact) mass is 479 g/mol. The molecule has 0 amide bonds. The van der Waals surface area contributed by atoms with E-state index in [1.54, 1.807) is 11.3 Å². The molecular weight excluding hydrogens is 445 g/mol. The summed E-state index contributed by atoms with van der Waals surface area (Å²) in [6, 6.07) is 0.533. The molecule has 25 heavy (non-hydrogen) atoms. The minimum absolute atomic E-state index is 0. The van der Waals surface area contributed by atoms with Gasteiger partial charge in [-0.25, -0.2) is 9.98 Å². The van der Waals surface area contributed by atoms with Crippen LogP contribution in [-0.2, 0) is 6.54 Å². The van der Waals surface area contributed by atoms with Gasteiger partial charge in [0, 0.05) is 24.0 Å². The first-order chi connectivity index (χ1) is 11.5. The molecule has 2 rings (SSSR count). The van der Waals surface area contributed by atoms with Crippen molar-refractivity contribution in [2.24, 2.45) is 10.9 Å². The molecular formula is C18H34IN5S. The molecule has 1 aliphatic rings. The molecule has 1 aromatic heterocycles. The Morgan fingerprint density at radius 2 is 2.00 bits per heavy atom. The zero-order valence-corrected chi connectivity index (χ0v) is 19.4. The van der Waals surface area contributed by atoms with Crippen LogP contribution in [0.25, 0.3) is 0 Å². The lowest BCUT2D eigenvalue weighted by Crippen LogP contribution is -2.48. The highest BCUT2D eigenvalue weighted by Gasteiger charge is 2.20. The molecule has 1 saturated heterocycles. The van der Waals surface area contributed by atoms with Crippen LogP contribution in [0.2, 0.25) is 0 Å². The van der Waals surface area contributed by atoms with Gasteiger partial charge < -0.3 is 10.6 Å². The van der Waals surface area contributed by atoms with Gasteiger partial charge in [0.15, 0.2) is 5.96 Å². The molecule has 7 heteroatoms. The van der Waals surface area contributed by atoms with E-state index in [0.717, 1.165) is 35.7 Å². The second kappa shape index (κ2) is 11.3. The second-order valence-corrected chi connectivity index (χ2v) is 8.18. The van der Waals surface area contributed by atoms with Gasteiger partial charge in [0.2, 0.25) is 0 Å². The van der Waals surface area contributed by atoms with Crippen LogP contribution in [0.15, 0.2) is 4.99 Å². The molecule has 2 heterocycles. The predicted molar refractivity (Wildman–Crippen MR) is 119 cm³/mol. The van der Waals surface area contributed by atoms with Crippen LogP contribution < -0.4 is 10.6 Å². The van der Waals surface area contributed by atoms with E-state index in [-0.39, 0.29) is 24.0 Å². The number of thiazole rings is 1. The number of aromatic nitrogens is 1. The first-order valence-electron chi connectivity index (χ1n) is 9.18. The van der Waals surface area contributed by atoms with E-state index < -0.39 is 0 Å². The number of nitrogens with zero attached hydrogens (tertiary/aromatic N) is 3. The molecule has 1 atom stereocenters. The van der Waals surface area contributed by atoms with Crippen molar-refractivity contribution in [1.29, 1.82) is 0 Å². The Morgan fingerprint density at radius 1 is 1.32 bits per heavy atom. The molecule has 0 radical (unpaired) electrons. The molecule has 1 unspecified atom stereocenters. The number of piperidine rings is 1. The highest BCUT2D eigenvalue weighted by atomic mass is 127. The van der Waals surface area contributed by atoms with Gasteiger partial charge >= 0.3 is 0 Å². The van der Waals surface area contributed by atoms with E-state index in [2.05, 4.69) is 55.1 Å². The molecule has 0 aliphatic carbocycles. The summed E-state index contributed by atoms with van der Waals surface area (Å²) in [5.74, 6) is 1.77. The third kappa shape index (κ3) is 7.38. The lowest BCUT2D eigenvalue weighted by molar-refractivity contribution is 0.147. The molecule has 1 fully saturated rings. The van der Waals surface area contributed by atoms with Crippen molar-refractivity contribution in [2.45, 2.75) is 60.0 Å². The molecule has 1 aromatic rings. The summed E-state index contributed by atoms with van der Waals surface area (Å²) >= 11 is 1.74. The first-order valence-corrected chi connectivity index (χ1v) is 10.00. The highest BCUT2D eigenvalue weighted by Crippen LogP contribution is 2.18. The van der Waals surface area contributed by atoms with Crippen molar-refractivity contribution in [3.63, 3.8) is 0 Å². The van der Waals surface area contributed by atoms with Crippen molar-refractivity contribution in [3.05, 3.63) is 15.6 Å². The maximum absolute atomic E-state index is 4.69. The summed E-state index contributed by atoms with van der Waals surface area (Å²) in [6.45, 7) is 15.8. The van der Waals surface area contributed by atoms with Crippen LogP contribution in [0.1, 0.15) is 49.2 Å². The standard InChI is InChI=1S/C18H33N5S.HI/c1-6-19-18(21-12-17-22-15(4)16(5)24-17)20-11-14(3)23-9-7-13(2)8-10-23;/h13-14H,6-12H2,1-5H3,(H2,19,20,21);1H. The number of rotatable bonds is 6. The quantitative estimate of drug-likeness (QED) is 0.372. The number of hydrogen-bond donors (Lipinski definition) is 2. The maximum atomic E-state index is 4.69. The average Bonchev–Trinajstić information content (AvgIpc) is 2.88. The van der Waals surface area contributed by atoms with Crippen molar-refractivity contribution in [1.82, 2.24) is 20.5 Å². The minimum atomic E-state index is 0. The first kappa shape index (κ1) is 22.6. The summed E-state index contributed by atoms with van der Waals surface area (Å²) in [4.78, 5) is 13.1. The maximum Gasteiger partial charge on any atom is 0.191 e. The van der Waals surface area contributed by atoms with E-state index in [1.807, 2.05) is 0 Å². The van der Waals surface area contributed by atoms with Gasteiger partial charge in [0.05, 0.1) is 12.2 Å². The zero-order chi connectivity index (χ0) is 17.5. The Balaban J connectivity index is 0.00000312. The Hall–Kier alpha value is -0.410. The molecule has 0 aromatic carbocycles. The number of nitrogens with one attached hydrogen (secondary N) is 2. The van der Waals surface area contributed by atoms with E-state index >= 15 is 0 Å². The fourth-order valence-electron chi connectivity index (χ4n) is 2.94. The van der Waals surface area contributed by atoms with Crippen LogP contribution in [0.5, 0.6) is 0 Å². The second-order valence-electron chi connectivity index (χ2n) is 6.89. The molecule has 2 N–H and O–H groups in total. The van der Waals surface area contributed by atoms with Crippen molar-refractivity contribution in [3.8, 4) is 0 Å². The number of hydrogen-bond acceptors (Lipinski definition) is 4. The average molecular weight is 479 g/mol. The van der Waals surface area contributed by atoms with Gasteiger partial charge in [-0.05, 0) is 59.5 Å². The van der Waals surface area contributed by atoms with Gasteiger partial charge in [-0.1, -0.05) is 6.92 Å². The zero-order valence-electron chi connectivity index (χ0n) is 16.3. The summed E-state index contributed by atoms with van der Waals surface area (Å²) in [7, 11) is 0. The summed E-state index contributed by atoms with van der Waals surface area (Å²) in [5, 5.41) is 7.92. The van der Waals surface area contributed by atoms with E-state index in [1.165, 1.54) is 30.8 Å². The summed E-state index contributed by atoms with van der Waals surface area (Å²) < 4.78 is 0. The topological polar surface area (TPSA) is 52.6 Å². The number of guanidine groups is 1. The van der Waals surface area contributed by atoms with E-state index in [9.17, 15) is 0 Å². The number of halogens is 1. The van der Waals surface area contributed by atoms with Crippen LogP contribution in [0.3, 0.4) is 0 Å². The summed E-state index contributed by atoms with van der Waals surface area (Å²) in [6.07, 6.45) is 2.64. The number of aryl methyl sites for hydroxylation is 2. The third-order valence-corrected chi connectivity index (χ3v) is 5.85. The Kier molecular flexibility index (Phi) is 10.3. The van der Waals surface area contributed by atoms with Crippen LogP contribution >= 0.6 is 35.3 Å². The van der Waals surface area contributed by atoms with Crippen LogP contribution in [0.4, 0.5) is 0 Å². The Bertz CT molecular complexity index is 518. The lowest BCUT2D eigenvalue weighted by atomic mass is 9.98. The van der Waals surface area contributed by atoms with Gasteiger partial charge in [-0.3, -0.25) is 4.90 Å². The third-order valence-electron chi connectivity index (χ3n) is 4.80. The smallest absolute Gasteiger partial charge is 0.191 e. The number of likely N-dealkylation sites (tertiary alicyclic amines) is 1. The van der Waals surface area contributed by atoms with Gasteiger partial charge in [-0.15, -0.1) is 35.3 Å². The molecule has 0 bridgehead atoms. The number of aliphatic imine (C=N–C) groups is 1. The van der Waals surface area contributed by atoms with Crippen molar-refractivity contribution in [2.75, 3.05) is 26.2 Å². The molecule has 0 saturated carbocycles. The highest BCUT2D eigenvalue weighted by molar-refractivity contribution is 14.0. The summed E-state index contributed by atoms with van der Waals surface area (Å²) in [5.41, 5.74) is 1.12. The fraction of sp³-hybridized carbons (Fsp3) is 0.778. The van der Waals surface area contributed by atoms with Crippen LogP contribution in [-0.4, -0.2) is 48.1 Å². The normalized spacial score (nSPS) is 17.9.